The Morgan fingerprint density at radius 1 is 1.19 bits per heavy atom. The second kappa shape index (κ2) is 6.45. The Morgan fingerprint density at radius 2 is 1.95 bits per heavy atom. The molecule has 0 aliphatic rings. The third-order valence-electron chi connectivity index (χ3n) is 2.73. The molecule has 0 unspecified atom stereocenters. The molecule has 0 atom stereocenters. The van der Waals surface area contributed by atoms with Crippen molar-refractivity contribution >= 4 is 21.5 Å². The minimum atomic E-state index is -3.70. The van der Waals surface area contributed by atoms with Crippen molar-refractivity contribution in [2.45, 2.75) is 11.8 Å². The number of para-hydroxylation sites is 2. The number of nitrogens with zero attached hydrogens (tertiary/aromatic N) is 1. The molecular formula is C14H17N3O3S. The fourth-order valence-corrected chi connectivity index (χ4v) is 2.74. The van der Waals surface area contributed by atoms with E-state index in [0.29, 0.717) is 23.9 Å². The molecule has 0 bridgehead atoms. The second-order valence-electron chi connectivity index (χ2n) is 4.16. The van der Waals surface area contributed by atoms with Crippen LogP contribution in [0.15, 0.2) is 47.5 Å². The molecule has 1 heterocycles. The maximum atomic E-state index is 12.3. The molecule has 2 N–H and O–H groups in total. The molecule has 0 aliphatic heterocycles. The van der Waals surface area contributed by atoms with Crippen LogP contribution in [-0.2, 0) is 10.0 Å². The smallest absolute Gasteiger partial charge is 0.263 e. The van der Waals surface area contributed by atoms with Gasteiger partial charge in [-0.15, -0.1) is 0 Å². The van der Waals surface area contributed by atoms with Gasteiger partial charge in [-0.1, -0.05) is 12.1 Å². The van der Waals surface area contributed by atoms with Crippen LogP contribution in [0.2, 0.25) is 0 Å². The largest absolute Gasteiger partial charge is 0.492 e. The Labute approximate surface area is 124 Å². The van der Waals surface area contributed by atoms with Crippen molar-refractivity contribution in [3.05, 3.63) is 42.6 Å². The molecule has 2 aromatic rings. The Bertz CT molecular complexity index is 700. The molecule has 1 aromatic carbocycles. The number of rotatable bonds is 6. The molecule has 0 spiro atoms. The first-order valence-corrected chi connectivity index (χ1v) is 7.93. The van der Waals surface area contributed by atoms with Crippen LogP contribution in [0, 0.1) is 0 Å². The van der Waals surface area contributed by atoms with Gasteiger partial charge in [0.2, 0.25) is 0 Å². The minimum Gasteiger partial charge on any atom is -0.492 e. The molecule has 0 saturated carbocycles. The van der Waals surface area contributed by atoms with Crippen molar-refractivity contribution in [3.8, 4) is 5.75 Å². The Kier molecular flexibility index (Phi) is 4.64. The monoisotopic (exact) mass is 307 g/mol. The van der Waals surface area contributed by atoms with Gasteiger partial charge >= 0.3 is 0 Å². The first-order valence-electron chi connectivity index (χ1n) is 6.45. The van der Waals surface area contributed by atoms with Crippen LogP contribution in [0.5, 0.6) is 5.75 Å². The zero-order valence-corrected chi connectivity index (χ0v) is 12.6. The van der Waals surface area contributed by atoms with Crippen molar-refractivity contribution in [3.63, 3.8) is 0 Å². The molecule has 0 fully saturated rings. The number of hydrogen-bond acceptors (Lipinski definition) is 5. The normalized spacial score (nSPS) is 11.0. The van der Waals surface area contributed by atoms with Crippen LogP contribution >= 0.6 is 0 Å². The standard InChI is InChI=1S/C14H17N3O3S/c1-3-20-13-7-5-4-6-12(13)17-21(18,19)11-8-9-14(15-2)16-10-11/h4-10,17H,3H2,1-2H3,(H,15,16). The van der Waals surface area contributed by atoms with Gasteiger partial charge < -0.3 is 10.1 Å². The molecule has 112 valence electrons. The summed E-state index contributed by atoms with van der Waals surface area (Å²) in [6.07, 6.45) is 1.30. The summed E-state index contributed by atoms with van der Waals surface area (Å²) in [5.41, 5.74) is 0.400. The highest BCUT2D eigenvalue weighted by molar-refractivity contribution is 7.92. The average molecular weight is 307 g/mol. The first-order chi connectivity index (χ1) is 10.1. The number of anilines is 2. The molecule has 21 heavy (non-hydrogen) atoms. The van der Waals surface area contributed by atoms with E-state index in [9.17, 15) is 8.42 Å². The van der Waals surface area contributed by atoms with Crippen LogP contribution in [0.25, 0.3) is 0 Å². The zero-order chi connectivity index (χ0) is 15.3. The van der Waals surface area contributed by atoms with E-state index in [-0.39, 0.29) is 4.90 Å². The third kappa shape index (κ3) is 3.63. The molecule has 0 radical (unpaired) electrons. The highest BCUT2D eigenvalue weighted by Crippen LogP contribution is 2.26. The van der Waals surface area contributed by atoms with E-state index in [1.165, 1.54) is 12.3 Å². The molecule has 0 saturated heterocycles. The number of nitrogens with one attached hydrogen (secondary N) is 2. The lowest BCUT2D eigenvalue weighted by Gasteiger charge is -2.12. The lowest BCUT2D eigenvalue weighted by Crippen LogP contribution is -2.14. The van der Waals surface area contributed by atoms with E-state index < -0.39 is 10.0 Å². The quantitative estimate of drug-likeness (QED) is 0.856. The summed E-state index contributed by atoms with van der Waals surface area (Å²) in [6.45, 7) is 2.29. The molecule has 7 heteroatoms. The van der Waals surface area contributed by atoms with Crippen LogP contribution < -0.4 is 14.8 Å². The molecule has 0 aliphatic carbocycles. The fraction of sp³-hybridized carbons (Fsp3) is 0.214. The SMILES string of the molecule is CCOc1ccccc1NS(=O)(=O)c1ccc(NC)nc1. The van der Waals surface area contributed by atoms with Gasteiger partial charge in [0.1, 0.15) is 16.5 Å². The summed E-state index contributed by atoms with van der Waals surface area (Å²) < 4.78 is 32.6. The van der Waals surface area contributed by atoms with Gasteiger partial charge in [-0.2, -0.15) is 0 Å². The summed E-state index contributed by atoms with van der Waals surface area (Å²) in [5.74, 6) is 1.09. The van der Waals surface area contributed by atoms with Gasteiger partial charge in [-0.05, 0) is 31.2 Å². The summed E-state index contributed by atoms with van der Waals surface area (Å²) in [7, 11) is -1.98. The predicted octanol–water partition coefficient (Wildman–Crippen LogP) is 2.32. The Hall–Kier alpha value is -2.28. The van der Waals surface area contributed by atoms with Crippen molar-refractivity contribution in [2.75, 3.05) is 23.7 Å². The number of ether oxygens (including phenoxy) is 1. The van der Waals surface area contributed by atoms with E-state index in [1.54, 1.807) is 37.4 Å². The summed E-state index contributed by atoms with van der Waals surface area (Å²) in [4.78, 5) is 4.09. The van der Waals surface area contributed by atoms with Crippen LogP contribution in [0.1, 0.15) is 6.92 Å². The van der Waals surface area contributed by atoms with Gasteiger partial charge in [0.05, 0.1) is 12.3 Å². The molecular weight excluding hydrogens is 290 g/mol. The highest BCUT2D eigenvalue weighted by atomic mass is 32.2. The van der Waals surface area contributed by atoms with Gasteiger partial charge in [-0.25, -0.2) is 13.4 Å². The highest BCUT2D eigenvalue weighted by Gasteiger charge is 2.16. The number of hydrogen-bond donors (Lipinski definition) is 2. The maximum absolute atomic E-state index is 12.3. The average Bonchev–Trinajstić information content (AvgIpc) is 2.49. The first kappa shape index (κ1) is 15.1. The van der Waals surface area contributed by atoms with E-state index in [0.717, 1.165) is 0 Å². The minimum absolute atomic E-state index is 0.0906. The summed E-state index contributed by atoms with van der Waals surface area (Å²) in [5, 5.41) is 2.83. The van der Waals surface area contributed by atoms with Gasteiger partial charge in [0, 0.05) is 13.2 Å². The molecule has 1 aromatic heterocycles. The van der Waals surface area contributed by atoms with Gasteiger partial charge in [0.15, 0.2) is 0 Å². The topological polar surface area (TPSA) is 80.3 Å². The Balaban J connectivity index is 2.28. The fourth-order valence-electron chi connectivity index (χ4n) is 1.72. The number of sulfonamides is 1. The van der Waals surface area contributed by atoms with Crippen LogP contribution in [-0.4, -0.2) is 27.1 Å². The van der Waals surface area contributed by atoms with Gasteiger partial charge in [0.25, 0.3) is 10.0 Å². The van der Waals surface area contributed by atoms with Crippen molar-refractivity contribution in [2.24, 2.45) is 0 Å². The number of benzene rings is 1. The van der Waals surface area contributed by atoms with Crippen LogP contribution in [0.3, 0.4) is 0 Å². The van der Waals surface area contributed by atoms with E-state index in [1.807, 2.05) is 6.92 Å². The summed E-state index contributed by atoms with van der Waals surface area (Å²) in [6, 6.07) is 9.98. The number of aromatic nitrogens is 1. The molecule has 2 rings (SSSR count). The van der Waals surface area contributed by atoms with Gasteiger partial charge in [-0.3, -0.25) is 4.72 Å². The van der Waals surface area contributed by atoms with Crippen molar-refractivity contribution < 1.29 is 13.2 Å². The summed E-state index contributed by atoms with van der Waals surface area (Å²) >= 11 is 0. The molecule has 6 nitrogen and oxygen atoms in total. The van der Waals surface area contributed by atoms with Crippen molar-refractivity contribution in [1.82, 2.24) is 4.98 Å². The van der Waals surface area contributed by atoms with E-state index in [2.05, 4.69) is 15.0 Å². The number of pyridine rings is 1. The zero-order valence-electron chi connectivity index (χ0n) is 11.8. The lowest BCUT2D eigenvalue weighted by atomic mass is 10.3. The van der Waals surface area contributed by atoms with Crippen molar-refractivity contribution in [1.29, 1.82) is 0 Å². The van der Waals surface area contributed by atoms with E-state index in [4.69, 9.17) is 4.74 Å². The third-order valence-corrected chi connectivity index (χ3v) is 4.08. The lowest BCUT2D eigenvalue weighted by molar-refractivity contribution is 0.342. The predicted molar refractivity (Wildman–Crippen MR) is 82.2 cm³/mol. The Morgan fingerprint density at radius 3 is 2.57 bits per heavy atom. The molecule has 0 amide bonds. The second-order valence-corrected chi connectivity index (χ2v) is 5.85. The maximum Gasteiger partial charge on any atom is 0.263 e. The van der Waals surface area contributed by atoms with Crippen LogP contribution in [0.4, 0.5) is 11.5 Å². The van der Waals surface area contributed by atoms with E-state index >= 15 is 0 Å².